The van der Waals surface area contributed by atoms with E-state index < -0.39 is 11.5 Å². The summed E-state index contributed by atoms with van der Waals surface area (Å²) in [6, 6.07) is 11.3. The Bertz CT molecular complexity index is 787. The van der Waals surface area contributed by atoms with Gasteiger partial charge in [0.2, 0.25) is 0 Å². The van der Waals surface area contributed by atoms with Crippen LogP contribution in [0.5, 0.6) is 0 Å². The minimum absolute atomic E-state index is 0.204. The van der Waals surface area contributed by atoms with E-state index in [1.807, 2.05) is 31.2 Å². The van der Waals surface area contributed by atoms with Crippen molar-refractivity contribution in [1.29, 1.82) is 0 Å². The van der Waals surface area contributed by atoms with E-state index in [0.717, 1.165) is 24.0 Å². The Morgan fingerprint density at radius 1 is 1.21 bits per heavy atom. The molecule has 0 unspecified atom stereocenters. The second kappa shape index (κ2) is 6.61. The van der Waals surface area contributed by atoms with Crippen LogP contribution in [0.3, 0.4) is 0 Å². The summed E-state index contributed by atoms with van der Waals surface area (Å²) in [6.07, 6.45) is 4.25. The molecule has 0 bridgehead atoms. The number of carbonyl (C=O) groups excluding carboxylic acids is 1. The zero-order valence-electron chi connectivity index (χ0n) is 13.8. The van der Waals surface area contributed by atoms with Crippen molar-refractivity contribution in [3.8, 4) is 0 Å². The first kappa shape index (κ1) is 16.5. The molecular formula is C19H22N2O3. The Hall–Kier alpha value is -2.40. The molecular weight excluding hydrogens is 304 g/mol. The number of hydrogen-bond acceptors (Lipinski definition) is 3. The van der Waals surface area contributed by atoms with Gasteiger partial charge in [-0.15, -0.1) is 0 Å². The van der Waals surface area contributed by atoms with Gasteiger partial charge < -0.3 is 15.0 Å². The summed E-state index contributed by atoms with van der Waals surface area (Å²) >= 11 is 0. The Labute approximate surface area is 140 Å². The molecule has 5 heteroatoms. The lowest BCUT2D eigenvalue weighted by Crippen LogP contribution is -2.41. The van der Waals surface area contributed by atoms with Gasteiger partial charge in [0.05, 0.1) is 6.54 Å². The van der Waals surface area contributed by atoms with Gasteiger partial charge in [0.25, 0.3) is 11.5 Å². The van der Waals surface area contributed by atoms with Crippen LogP contribution < -0.4 is 10.9 Å². The summed E-state index contributed by atoms with van der Waals surface area (Å²) in [5.41, 5.74) is 0.768. The van der Waals surface area contributed by atoms with E-state index >= 15 is 0 Å². The van der Waals surface area contributed by atoms with Crippen LogP contribution in [-0.2, 0) is 11.3 Å². The molecule has 5 nitrogen and oxygen atoms in total. The Balaban J connectivity index is 1.79. The van der Waals surface area contributed by atoms with Crippen molar-refractivity contribution >= 4 is 11.6 Å². The molecule has 1 saturated carbocycles. The van der Waals surface area contributed by atoms with Gasteiger partial charge in [-0.2, -0.15) is 0 Å². The van der Waals surface area contributed by atoms with Gasteiger partial charge in [-0.3, -0.25) is 9.59 Å². The molecule has 1 aromatic carbocycles. The van der Waals surface area contributed by atoms with E-state index in [4.69, 9.17) is 0 Å². The number of anilines is 1. The lowest BCUT2D eigenvalue weighted by atomic mass is 10.0. The summed E-state index contributed by atoms with van der Waals surface area (Å²) in [5.74, 6) is -0.481. The molecule has 1 amide bonds. The Morgan fingerprint density at radius 2 is 1.88 bits per heavy atom. The SMILES string of the molecule is Cc1ccc(Cn2cccc(NC(=O)C3(O)CCCC3)c2=O)cc1. The van der Waals surface area contributed by atoms with E-state index in [9.17, 15) is 14.7 Å². The van der Waals surface area contributed by atoms with Gasteiger partial charge in [0, 0.05) is 6.20 Å². The van der Waals surface area contributed by atoms with Crippen LogP contribution in [0.25, 0.3) is 0 Å². The van der Waals surface area contributed by atoms with Crippen LogP contribution in [0.15, 0.2) is 47.4 Å². The molecule has 3 rings (SSSR count). The second-order valence-electron chi connectivity index (χ2n) is 6.53. The van der Waals surface area contributed by atoms with Crippen LogP contribution in [0, 0.1) is 6.92 Å². The maximum absolute atomic E-state index is 12.6. The second-order valence-corrected chi connectivity index (χ2v) is 6.53. The highest BCUT2D eigenvalue weighted by molar-refractivity contribution is 5.97. The smallest absolute Gasteiger partial charge is 0.274 e. The molecule has 24 heavy (non-hydrogen) atoms. The maximum Gasteiger partial charge on any atom is 0.274 e. The molecule has 0 aliphatic heterocycles. The van der Waals surface area contributed by atoms with Gasteiger partial charge in [-0.1, -0.05) is 29.8 Å². The Kier molecular flexibility index (Phi) is 4.53. The number of aromatic nitrogens is 1. The number of benzene rings is 1. The van der Waals surface area contributed by atoms with E-state index in [0.29, 0.717) is 19.4 Å². The summed E-state index contributed by atoms with van der Waals surface area (Å²) in [6.45, 7) is 2.45. The van der Waals surface area contributed by atoms with Crippen molar-refractivity contribution < 1.29 is 9.90 Å². The molecule has 1 aliphatic carbocycles. The van der Waals surface area contributed by atoms with Crippen LogP contribution in [0.1, 0.15) is 36.8 Å². The number of nitrogens with zero attached hydrogens (tertiary/aromatic N) is 1. The average Bonchev–Trinajstić information content (AvgIpc) is 3.01. The molecule has 1 aromatic heterocycles. The average molecular weight is 326 g/mol. The van der Waals surface area contributed by atoms with Crippen molar-refractivity contribution in [2.24, 2.45) is 0 Å². The standard InChI is InChI=1S/C19H22N2O3/c1-14-6-8-15(9-7-14)13-21-12-4-5-16(17(21)22)20-18(23)19(24)10-2-3-11-19/h4-9,12,24H,2-3,10-11,13H2,1H3,(H,20,23). The molecule has 1 heterocycles. The van der Waals surface area contributed by atoms with Crippen LogP contribution in [-0.4, -0.2) is 21.2 Å². The zero-order valence-corrected chi connectivity index (χ0v) is 13.8. The number of aliphatic hydroxyl groups is 1. The monoisotopic (exact) mass is 326 g/mol. The summed E-state index contributed by atoms with van der Waals surface area (Å²) in [5, 5.41) is 12.9. The zero-order chi connectivity index (χ0) is 17.2. The van der Waals surface area contributed by atoms with Gasteiger partial charge in [-0.05, 0) is 50.3 Å². The number of pyridine rings is 1. The number of hydrogen-bond donors (Lipinski definition) is 2. The fraction of sp³-hybridized carbons (Fsp3) is 0.368. The van der Waals surface area contributed by atoms with E-state index in [-0.39, 0.29) is 11.2 Å². The third kappa shape index (κ3) is 3.41. The third-order valence-electron chi connectivity index (χ3n) is 4.60. The fourth-order valence-electron chi connectivity index (χ4n) is 3.07. The van der Waals surface area contributed by atoms with Gasteiger partial charge >= 0.3 is 0 Å². The van der Waals surface area contributed by atoms with Crippen LogP contribution >= 0.6 is 0 Å². The number of rotatable bonds is 4. The molecule has 0 atom stereocenters. The first-order valence-electron chi connectivity index (χ1n) is 8.27. The molecule has 126 valence electrons. The van der Waals surface area contributed by atoms with Crippen molar-refractivity contribution in [3.05, 3.63) is 64.1 Å². The fourth-order valence-corrected chi connectivity index (χ4v) is 3.07. The molecule has 2 N–H and O–H groups in total. The molecule has 1 aliphatic rings. The normalized spacial score (nSPS) is 16.1. The molecule has 0 saturated heterocycles. The lowest BCUT2D eigenvalue weighted by Gasteiger charge is -2.21. The minimum Gasteiger partial charge on any atom is -0.380 e. The van der Waals surface area contributed by atoms with E-state index in [2.05, 4.69) is 5.32 Å². The number of amides is 1. The maximum atomic E-state index is 12.6. The molecule has 1 fully saturated rings. The van der Waals surface area contributed by atoms with E-state index in [1.165, 1.54) is 0 Å². The largest absolute Gasteiger partial charge is 0.380 e. The van der Waals surface area contributed by atoms with Gasteiger partial charge in [0.15, 0.2) is 0 Å². The summed E-state index contributed by atoms with van der Waals surface area (Å²) < 4.78 is 1.55. The topological polar surface area (TPSA) is 71.3 Å². The van der Waals surface area contributed by atoms with Crippen molar-refractivity contribution in [1.82, 2.24) is 4.57 Å². The predicted octanol–water partition coefficient (Wildman–Crippen LogP) is 2.45. The minimum atomic E-state index is -1.34. The van der Waals surface area contributed by atoms with Crippen LogP contribution in [0.4, 0.5) is 5.69 Å². The first-order valence-corrected chi connectivity index (χ1v) is 8.27. The van der Waals surface area contributed by atoms with Gasteiger partial charge in [-0.25, -0.2) is 0 Å². The first-order chi connectivity index (χ1) is 11.5. The molecule has 0 radical (unpaired) electrons. The third-order valence-corrected chi connectivity index (χ3v) is 4.60. The highest BCUT2D eigenvalue weighted by atomic mass is 16.3. The number of carbonyl (C=O) groups is 1. The summed E-state index contributed by atoms with van der Waals surface area (Å²) in [4.78, 5) is 24.8. The Morgan fingerprint density at radius 3 is 2.54 bits per heavy atom. The predicted molar refractivity (Wildman–Crippen MR) is 93.0 cm³/mol. The lowest BCUT2D eigenvalue weighted by molar-refractivity contribution is -0.133. The van der Waals surface area contributed by atoms with Crippen molar-refractivity contribution in [3.63, 3.8) is 0 Å². The molecule has 2 aromatic rings. The van der Waals surface area contributed by atoms with Crippen molar-refractivity contribution in [2.45, 2.75) is 44.8 Å². The van der Waals surface area contributed by atoms with Gasteiger partial charge in [0.1, 0.15) is 11.3 Å². The highest BCUT2D eigenvalue weighted by Gasteiger charge is 2.39. The van der Waals surface area contributed by atoms with Crippen molar-refractivity contribution in [2.75, 3.05) is 5.32 Å². The van der Waals surface area contributed by atoms with E-state index in [1.54, 1.807) is 22.9 Å². The summed E-state index contributed by atoms with van der Waals surface area (Å²) in [7, 11) is 0. The quantitative estimate of drug-likeness (QED) is 0.906. The molecule has 0 spiro atoms. The van der Waals surface area contributed by atoms with Crippen LogP contribution in [0.2, 0.25) is 0 Å². The number of nitrogens with one attached hydrogen (secondary N) is 1. The highest BCUT2D eigenvalue weighted by Crippen LogP contribution is 2.30. The number of aryl methyl sites for hydroxylation is 1.